The first-order valence-electron chi connectivity index (χ1n) is 5.59. The van der Waals surface area contributed by atoms with Crippen molar-refractivity contribution < 1.29 is 14.3 Å². The number of carbonyl (C=O) groups excluding carboxylic acids is 1. The maximum absolute atomic E-state index is 11.5. The zero-order chi connectivity index (χ0) is 12.7. The lowest BCUT2D eigenvalue weighted by atomic mass is 10.2. The van der Waals surface area contributed by atoms with Gasteiger partial charge in [-0.05, 0) is 26.0 Å². The van der Waals surface area contributed by atoms with Crippen molar-refractivity contribution in [2.75, 3.05) is 18.9 Å². The Hall–Kier alpha value is -1.62. The van der Waals surface area contributed by atoms with Gasteiger partial charge in [0.25, 0.3) is 0 Å². The second-order valence-electron chi connectivity index (χ2n) is 3.72. The molecule has 0 aliphatic rings. The Morgan fingerprint density at radius 1 is 1.53 bits per heavy atom. The Labute approximate surface area is 101 Å². The molecular formula is C12H18N2O3. The van der Waals surface area contributed by atoms with Crippen LogP contribution in [0.1, 0.15) is 19.5 Å². The highest BCUT2D eigenvalue weighted by Crippen LogP contribution is 2.04. The lowest BCUT2D eigenvalue weighted by Gasteiger charge is -2.12. The van der Waals surface area contributed by atoms with Gasteiger partial charge in [-0.3, -0.25) is 9.78 Å². The van der Waals surface area contributed by atoms with Gasteiger partial charge in [-0.1, -0.05) is 0 Å². The van der Waals surface area contributed by atoms with E-state index >= 15 is 0 Å². The molecular weight excluding hydrogens is 220 g/mol. The Morgan fingerprint density at radius 3 is 2.88 bits per heavy atom. The molecule has 1 aromatic rings. The molecule has 2 N–H and O–H groups in total. The number of nitrogens with two attached hydrogens (primary N) is 1. The summed E-state index contributed by atoms with van der Waals surface area (Å²) < 4.78 is 10.3. The number of nitrogens with zero attached hydrogens (tertiary/aromatic N) is 1. The van der Waals surface area contributed by atoms with Crippen LogP contribution in [0.5, 0.6) is 0 Å². The van der Waals surface area contributed by atoms with E-state index in [2.05, 4.69) is 4.98 Å². The molecule has 0 spiro atoms. The van der Waals surface area contributed by atoms with Crippen LogP contribution in [0.2, 0.25) is 0 Å². The second kappa shape index (κ2) is 6.85. The van der Waals surface area contributed by atoms with Crippen LogP contribution >= 0.6 is 0 Å². The van der Waals surface area contributed by atoms with Gasteiger partial charge < -0.3 is 15.2 Å². The first-order valence-corrected chi connectivity index (χ1v) is 5.59. The zero-order valence-electron chi connectivity index (χ0n) is 10.2. The fourth-order valence-corrected chi connectivity index (χ4v) is 1.27. The molecule has 17 heavy (non-hydrogen) atoms. The normalized spacial score (nSPS) is 12.1. The van der Waals surface area contributed by atoms with E-state index < -0.39 is 0 Å². The molecule has 0 bridgehead atoms. The van der Waals surface area contributed by atoms with Crippen molar-refractivity contribution in [3.05, 3.63) is 24.0 Å². The molecule has 0 saturated carbocycles. The molecule has 5 heteroatoms. The predicted molar refractivity (Wildman–Crippen MR) is 64.4 cm³/mol. The maximum atomic E-state index is 11.5. The predicted octanol–water partition coefficient (Wildman–Crippen LogP) is 1.17. The van der Waals surface area contributed by atoms with Gasteiger partial charge in [0.15, 0.2) is 0 Å². The molecule has 0 aromatic carbocycles. The third-order valence-electron chi connectivity index (χ3n) is 2.06. The Kier molecular flexibility index (Phi) is 5.42. The highest BCUT2D eigenvalue weighted by Gasteiger charge is 2.10. The van der Waals surface area contributed by atoms with E-state index in [0.717, 1.165) is 0 Å². The third kappa shape index (κ3) is 5.31. The summed E-state index contributed by atoms with van der Waals surface area (Å²) in [5.74, 6) is -0.311. The topological polar surface area (TPSA) is 74.4 Å². The van der Waals surface area contributed by atoms with Crippen molar-refractivity contribution >= 4 is 11.7 Å². The summed E-state index contributed by atoms with van der Waals surface area (Å²) in [4.78, 5) is 15.6. The van der Waals surface area contributed by atoms with Gasteiger partial charge in [-0.15, -0.1) is 0 Å². The number of rotatable bonds is 6. The minimum absolute atomic E-state index is 0.150. The number of aromatic nitrogens is 1. The van der Waals surface area contributed by atoms with Crippen LogP contribution in [0.4, 0.5) is 5.69 Å². The monoisotopic (exact) mass is 238 g/mol. The third-order valence-corrected chi connectivity index (χ3v) is 2.06. The summed E-state index contributed by atoms with van der Waals surface area (Å²) in [6.45, 7) is 4.72. The first kappa shape index (κ1) is 13.4. The SMILES string of the molecule is CCOCC(C)OC(=O)Cc1ccc(N)cn1. The summed E-state index contributed by atoms with van der Waals surface area (Å²) in [7, 11) is 0. The van der Waals surface area contributed by atoms with Gasteiger partial charge in [0.1, 0.15) is 6.10 Å². The van der Waals surface area contributed by atoms with E-state index in [-0.39, 0.29) is 18.5 Å². The molecule has 5 nitrogen and oxygen atoms in total. The minimum Gasteiger partial charge on any atom is -0.460 e. The van der Waals surface area contributed by atoms with Crippen molar-refractivity contribution in [2.24, 2.45) is 0 Å². The van der Waals surface area contributed by atoms with Crippen LogP contribution in [0.25, 0.3) is 0 Å². The molecule has 0 saturated heterocycles. The molecule has 0 radical (unpaired) electrons. The molecule has 1 heterocycles. The average Bonchev–Trinajstić information content (AvgIpc) is 2.29. The van der Waals surface area contributed by atoms with Gasteiger partial charge in [-0.25, -0.2) is 0 Å². The van der Waals surface area contributed by atoms with Crippen molar-refractivity contribution in [3.8, 4) is 0 Å². The summed E-state index contributed by atoms with van der Waals surface area (Å²) >= 11 is 0. The molecule has 0 amide bonds. The van der Waals surface area contributed by atoms with Crippen LogP contribution in [0, 0.1) is 0 Å². The van der Waals surface area contributed by atoms with Crippen LogP contribution in [0.3, 0.4) is 0 Å². The Balaban J connectivity index is 2.36. The summed E-state index contributed by atoms with van der Waals surface area (Å²) in [6, 6.07) is 3.42. The molecule has 1 aromatic heterocycles. The fraction of sp³-hybridized carbons (Fsp3) is 0.500. The smallest absolute Gasteiger partial charge is 0.312 e. The lowest BCUT2D eigenvalue weighted by Crippen LogP contribution is -2.21. The summed E-state index contributed by atoms with van der Waals surface area (Å²) in [5.41, 5.74) is 6.72. The van der Waals surface area contributed by atoms with Crippen molar-refractivity contribution in [1.29, 1.82) is 0 Å². The first-order chi connectivity index (χ1) is 8.11. The quantitative estimate of drug-likeness (QED) is 0.753. The number of nitrogen functional groups attached to an aromatic ring is 1. The number of carbonyl (C=O) groups is 1. The average molecular weight is 238 g/mol. The van der Waals surface area contributed by atoms with E-state index in [0.29, 0.717) is 24.6 Å². The van der Waals surface area contributed by atoms with Gasteiger partial charge in [0.2, 0.25) is 0 Å². The van der Waals surface area contributed by atoms with Crippen LogP contribution < -0.4 is 5.73 Å². The second-order valence-corrected chi connectivity index (χ2v) is 3.72. The number of pyridine rings is 1. The largest absolute Gasteiger partial charge is 0.460 e. The number of hydrogen-bond acceptors (Lipinski definition) is 5. The van der Waals surface area contributed by atoms with Crippen molar-refractivity contribution in [3.63, 3.8) is 0 Å². The number of ether oxygens (including phenoxy) is 2. The molecule has 94 valence electrons. The van der Waals surface area contributed by atoms with Gasteiger partial charge in [0.05, 0.1) is 30.6 Å². The van der Waals surface area contributed by atoms with E-state index in [9.17, 15) is 4.79 Å². The fourth-order valence-electron chi connectivity index (χ4n) is 1.27. The van der Waals surface area contributed by atoms with Crippen LogP contribution in [-0.2, 0) is 20.7 Å². The number of esters is 1. The summed E-state index contributed by atoms with van der Waals surface area (Å²) in [5, 5.41) is 0. The molecule has 0 aliphatic heterocycles. The van der Waals surface area contributed by atoms with E-state index in [1.54, 1.807) is 19.1 Å². The highest BCUT2D eigenvalue weighted by atomic mass is 16.6. The standard InChI is InChI=1S/C12H18N2O3/c1-3-16-8-9(2)17-12(15)6-11-5-4-10(13)7-14-11/h4-5,7,9H,3,6,8,13H2,1-2H3. The highest BCUT2D eigenvalue weighted by molar-refractivity contribution is 5.72. The van der Waals surface area contributed by atoms with E-state index in [4.69, 9.17) is 15.2 Å². The Bertz CT molecular complexity index is 351. The number of hydrogen-bond donors (Lipinski definition) is 1. The zero-order valence-corrected chi connectivity index (χ0v) is 10.2. The number of anilines is 1. The van der Waals surface area contributed by atoms with E-state index in [1.165, 1.54) is 6.20 Å². The summed E-state index contributed by atoms with van der Waals surface area (Å²) in [6.07, 6.45) is 1.43. The molecule has 1 rings (SSSR count). The van der Waals surface area contributed by atoms with Gasteiger partial charge in [0, 0.05) is 6.61 Å². The van der Waals surface area contributed by atoms with Gasteiger partial charge >= 0.3 is 5.97 Å². The van der Waals surface area contributed by atoms with Gasteiger partial charge in [-0.2, -0.15) is 0 Å². The molecule has 0 aliphatic carbocycles. The Morgan fingerprint density at radius 2 is 2.29 bits per heavy atom. The van der Waals surface area contributed by atoms with Crippen molar-refractivity contribution in [1.82, 2.24) is 4.98 Å². The molecule has 1 atom stereocenters. The van der Waals surface area contributed by atoms with E-state index in [1.807, 2.05) is 6.92 Å². The van der Waals surface area contributed by atoms with Crippen molar-refractivity contribution in [2.45, 2.75) is 26.4 Å². The molecule has 0 fully saturated rings. The molecule has 1 unspecified atom stereocenters. The van der Waals surface area contributed by atoms with Crippen LogP contribution in [0.15, 0.2) is 18.3 Å². The lowest BCUT2D eigenvalue weighted by molar-refractivity contribution is -0.150. The van der Waals surface area contributed by atoms with Crippen LogP contribution in [-0.4, -0.2) is 30.3 Å². The minimum atomic E-state index is -0.311. The maximum Gasteiger partial charge on any atom is 0.312 e.